The molecule has 0 unspecified atom stereocenters. The molecule has 1 aromatic carbocycles. The molecule has 6 nitrogen and oxygen atoms in total. The first-order valence-electron chi connectivity index (χ1n) is 6.92. The Kier molecular flexibility index (Phi) is 3.86. The molecule has 1 aliphatic rings. The summed E-state index contributed by atoms with van der Waals surface area (Å²) in [5.41, 5.74) is 0.477. The smallest absolute Gasteiger partial charge is 0.272 e. The second-order valence-electron chi connectivity index (χ2n) is 5.01. The molecule has 1 aromatic heterocycles. The van der Waals surface area contributed by atoms with E-state index in [4.69, 9.17) is 4.74 Å². The van der Waals surface area contributed by atoms with E-state index in [-0.39, 0.29) is 23.1 Å². The van der Waals surface area contributed by atoms with E-state index in [2.05, 4.69) is 15.5 Å². The second kappa shape index (κ2) is 5.97. The van der Waals surface area contributed by atoms with Crippen LogP contribution in [0.4, 0.5) is 4.39 Å². The molecule has 0 spiro atoms. The van der Waals surface area contributed by atoms with Crippen LogP contribution in [0.25, 0.3) is 0 Å². The first-order valence-corrected chi connectivity index (χ1v) is 6.92. The van der Waals surface area contributed by atoms with Crippen molar-refractivity contribution in [3.8, 4) is 5.75 Å². The van der Waals surface area contributed by atoms with Crippen LogP contribution >= 0.6 is 0 Å². The van der Waals surface area contributed by atoms with Crippen molar-refractivity contribution in [2.75, 3.05) is 6.61 Å². The van der Waals surface area contributed by atoms with Crippen LogP contribution in [0, 0.1) is 5.82 Å². The summed E-state index contributed by atoms with van der Waals surface area (Å²) in [6.45, 7) is 0.472. The first kappa shape index (κ1) is 14.2. The van der Waals surface area contributed by atoms with Crippen molar-refractivity contribution in [1.29, 1.82) is 0 Å². The van der Waals surface area contributed by atoms with Gasteiger partial charge in [-0.1, -0.05) is 6.07 Å². The van der Waals surface area contributed by atoms with Gasteiger partial charge < -0.3 is 10.1 Å². The minimum atomic E-state index is -0.404. The van der Waals surface area contributed by atoms with E-state index in [1.807, 2.05) is 0 Å². The fourth-order valence-electron chi connectivity index (χ4n) is 2.40. The lowest BCUT2D eigenvalue weighted by atomic mass is 10.0. The second-order valence-corrected chi connectivity index (χ2v) is 5.01. The monoisotopic (exact) mass is 303 g/mol. The minimum absolute atomic E-state index is 0.119. The van der Waals surface area contributed by atoms with E-state index < -0.39 is 5.91 Å². The van der Waals surface area contributed by atoms with Gasteiger partial charge in [0.2, 0.25) is 0 Å². The van der Waals surface area contributed by atoms with E-state index in [9.17, 15) is 14.0 Å². The summed E-state index contributed by atoms with van der Waals surface area (Å²) in [6, 6.07) is 6.57. The Labute approximate surface area is 125 Å². The Morgan fingerprint density at radius 3 is 3.00 bits per heavy atom. The van der Waals surface area contributed by atoms with Gasteiger partial charge in [-0.3, -0.25) is 9.59 Å². The number of H-pyrrole nitrogens is 1. The number of aromatic nitrogens is 2. The van der Waals surface area contributed by atoms with Crippen molar-refractivity contribution < 1.29 is 13.9 Å². The average Bonchev–Trinajstić information content (AvgIpc) is 2.70. The number of amides is 1. The third-order valence-corrected chi connectivity index (χ3v) is 3.46. The van der Waals surface area contributed by atoms with Crippen molar-refractivity contribution in [3.05, 3.63) is 57.8 Å². The van der Waals surface area contributed by atoms with E-state index in [0.29, 0.717) is 18.8 Å². The standard InChI is InChI=1S/C15H14FN3O3/c16-9-3-4-10-11(2-1-7-22-13(10)8-9)17-15(21)12-5-6-14(20)19-18-12/h3-6,8,11H,1-2,7H2,(H,17,21)(H,19,20)/t11-/m1/s1. The Balaban J connectivity index is 1.84. The highest BCUT2D eigenvalue weighted by Gasteiger charge is 2.23. The van der Waals surface area contributed by atoms with Gasteiger partial charge in [-0.2, -0.15) is 5.10 Å². The van der Waals surface area contributed by atoms with Gasteiger partial charge in [-0.05, 0) is 25.0 Å². The number of ether oxygens (including phenoxy) is 1. The topological polar surface area (TPSA) is 84.1 Å². The molecule has 114 valence electrons. The van der Waals surface area contributed by atoms with Gasteiger partial charge in [-0.25, -0.2) is 9.49 Å². The lowest BCUT2D eigenvalue weighted by molar-refractivity contribution is 0.0928. The molecule has 0 radical (unpaired) electrons. The number of carbonyl (C=O) groups excluding carboxylic acids is 1. The summed E-state index contributed by atoms with van der Waals surface area (Å²) in [6.07, 6.45) is 1.41. The molecule has 22 heavy (non-hydrogen) atoms. The average molecular weight is 303 g/mol. The van der Waals surface area contributed by atoms with Crippen LogP contribution in [0.5, 0.6) is 5.75 Å². The number of carbonyl (C=O) groups is 1. The molecule has 2 N–H and O–H groups in total. The molecule has 2 aromatic rings. The number of nitrogens with one attached hydrogen (secondary N) is 2. The maximum atomic E-state index is 13.3. The number of benzene rings is 1. The zero-order valence-corrected chi connectivity index (χ0v) is 11.6. The molecule has 0 fully saturated rings. The maximum absolute atomic E-state index is 13.3. The van der Waals surface area contributed by atoms with Crippen LogP contribution < -0.4 is 15.6 Å². The number of rotatable bonds is 2. The molecule has 1 aliphatic heterocycles. The molecular weight excluding hydrogens is 289 g/mol. The molecular formula is C15H14FN3O3. The van der Waals surface area contributed by atoms with Gasteiger partial charge in [0.05, 0.1) is 12.6 Å². The zero-order valence-electron chi connectivity index (χ0n) is 11.6. The van der Waals surface area contributed by atoms with Gasteiger partial charge in [0.15, 0.2) is 0 Å². The Bertz CT molecular complexity index is 739. The van der Waals surface area contributed by atoms with Gasteiger partial charge in [0.25, 0.3) is 11.5 Å². The Morgan fingerprint density at radius 1 is 1.36 bits per heavy atom. The summed E-state index contributed by atoms with van der Waals surface area (Å²) in [5, 5.41) is 8.76. The van der Waals surface area contributed by atoms with Gasteiger partial charge in [0, 0.05) is 17.7 Å². The molecule has 3 rings (SSSR count). The SMILES string of the molecule is O=C(N[C@@H]1CCCOc2cc(F)ccc21)c1ccc(=O)[nH]n1. The largest absolute Gasteiger partial charge is 0.493 e. The van der Waals surface area contributed by atoms with Crippen LogP contribution in [-0.4, -0.2) is 22.7 Å². The zero-order chi connectivity index (χ0) is 15.5. The number of halogens is 1. The van der Waals surface area contributed by atoms with Gasteiger partial charge in [0.1, 0.15) is 17.3 Å². The van der Waals surface area contributed by atoms with Crippen molar-refractivity contribution >= 4 is 5.91 Å². The van der Waals surface area contributed by atoms with Crippen molar-refractivity contribution in [3.63, 3.8) is 0 Å². The van der Waals surface area contributed by atoms with Gasteiger partial charge >= 0.3 is 0 Å². The highest BCUT2D eigenvalue weighted by molar-refractivity contribution is 5.92. The maximum Gasteiger partial charge on any atom is 0.272 e. The van der Waals surface area contributed by atoms with E-state index in [1.54, 1.807) is 6.07 Å². The quantitative estimate of drug-likeness (QED) is 0.881. The number of fused-ring (bicyclic) bond motifs is 1. The number of aromatic amines is 1. The third kappa shape index (κ3) is 2.98. The van der Waals surface area contributed by atoms with Crippen LogP contribution in [-0.2, 0) is 0 Å². The van der Waals surface area contributed by atoms with Crippen LogP contribution in [0.2, 0.25) is 0 Å². The fourth-order valence-corrected chi connectivity index (χ4v) is 2.40. The molecule has 0 saturated heterocycles. The van der Waals surface area contributed by atoms with Crippen molar-refractivity contribution in [2.24, 2.45) is 0 Å². The molecule has 7 heteroatoms. The highest BCUT2D eigenvalue weighted by Crippen LogP contribution is 2.32. The summed E-state index contributed by atoms with van der Waals surface area (Å²) in [7, 11) is 0. The fraction of sp³-hybridized carbons (Fsp3) is 0.267. The van der Waals surface area contributed by atoms with Crippen molar-refractivity contribution in [1.82, 2.24) is 15.5 Å². The number of hydrogen-bond donors (Lipinski definition) is 2. The van der Waals surface area contributed by atoms with Crippen molar-refractivity contribution in [2.45, 2.75) is 18.9 Å². The molecule has 0 bridgehead atoms. The van der Waals surface area contributed by atoms with Crippen LogP contribution in [0.3, 0.4) is 0 Å². The highest BCUT2D eigenvalue weighted by atomic mass is 19.1. The molecule has 0 saturated carbocycles. The normalized spacial score (nSPS) is 17.0. The summed E-state index contributed by atoms with van der Waals surface area (Å²) in [4.78, 5) is 23.2. The number of nitrogens with zero attached hydrogens (tertiary/aromatic N) is 1. The predicted octanol–water partition coefficient (Wildman–Crippen LogP) is 1.55. The van der Waals surface area contributed by atoms with Gasteiger partial charge in [-0.15, -0.1) is 0 Å². The van der Waals surface area contributed by atoms with Crippen LogP contribution in [0.1, 0.15) is 34.9 Å². The Morgan fingerprint density at radius 2 is 2.23 bits per heavy atom. The van der Waals surface area contributed by atoms with Crippen LogP contribution in [0.15, 0.2) is 35.1 Å². The summed E-state index contributed by atoms with van der Waals surface area (Å²) < 4.78 is 18.8. The summed E-state index contributed by atoms with van der Waals surface area (Å²) in [5.74, 6) is -0.344. The Hall–Kier alpha value is -2.70. The minimum Gasteiger partial charge on any atom is -0.493 e. The number of hydrogen-bond acceptors (Lipinski definition) is 4. The molecule has 0 aliphatic carbocycles. The summed E-state index contributed by atoms with van der Waals surface area (Å²) >= 11 is 0. The molecule has 1 amide bonds. The first-order chi connectivity index (χ1) is 10.6. The molecule has 2 heterocycles. The lowest BCUT2D eigenvalue weighted by Gasteiger charge is -2.18. The third-order valence-electron chi connectivity index (χ3n) is 3.46. The lowest BCUT2D eigenvalue weighted by Crippen LogP contribution is -2.30. The van der Waals surface area contributed by atoms with E-state index in [0.717, 1.165) is 12.0 Å². The predicted molar refractivity (Wildman–Crippen MR) is 76.2 cm³/mol. The van der Waals surface area contributed by atoms with E-state index in [1.165, 1.54) is 24.3 Å². The molecule has 1 atom stereocenters. The van der Waals surface area contributed by atoms with E-state index >= 15 is 0 Å².